The summed E-state index contributed by atoms with van der Waals surface area (Å²) >= 11 is 4.45. The molecule has 15 heavy (non-hydrogen) atoms. The van der Waals surface area contributed by atoms with Gasteiger partial charge in [0.2, 0.25) is 0 Å². The van der Waals surface area contributed by atoms with Crippen LogP contribution in [0.25, 0.3) is 0 Å². The van der Waals surface area contributed by atoms with Crippen LogP contribution < -0.4 is 9.47 Å². The topological polar surface area (TPSA) is 30.8 Å². The minimum Gasteiger partial charge on any atom is -0.497 e. The smallest absolute Gasteiger partial charge is 0.122 e. The molecule has 0 amide bonds. The van der Waals surface area contributed by atoms with Crippen molar-refractivity contribution < 1.29 is 9.47 Å². The number of hydrogen-bond donors (Lipinski definition) is 0. The number of rotatable bonds is 6. The first-order valence-electron chi connectivity index (χ1n) is 4.67. The molecule has 1 rings (SSSR count). The Morgan fingerprint density at radius 3 is 2.93 bits per heavy atom. The Morgan fingerprint density at radius 2 is 2.20 bits per heavy atom. The first kappa shape index (κ1) is 11.7. The van der Waals surface area contributed by atoms with Gasteiger partial charge >= 0.3 is 0 Å². The Balaban J connectivity index is 2.33. The second kappa shape index (κ2) is 6.98. The number of benzene rings is 1. The lowest BCUT2D eigenvalue weighted by Crippen LogP contribution is -1.99. The summed E-state index contributed by atoms with van der Waals surface area (Å²) in [6, 6.07) is 7.51. The number of nitrogens with zero attached hydrogens (tertiary/aromatic N) is 1. The normalized spacial score (nSPS) is 9.13. The summed E-state index contributed by atoms with van der Waals surface area (Å²) in [5.74, 6) is 1.60. The molecule has 3 nitrogen and oxygen atoms in total. The zero-order valence-corrected chi connectivity index (χ0v) is 9.42. The van der Waals surface area contributed by atoms with Gasteiger partial charge in [0, 0.05) is 12.5 Å². The number of ether oxygens (including phenoxy) is 2. The number of methoxy groups -OCH3 is 1. The Morgan fingerprint density at radius 1 is 1.40 bits per heavy atom. The van der Waals surface area contributed by atoms with Crippen molar-refractivity contribution in [2.24, 2.45) is 4.99 Å². The monoisotopic (exact) mass is 223 g/mol. The molecule has 0 atom stereocenters. The van der Waals surface area contributed by atoms with E-state index in [9.17, 15) is 0 Å². The first-order valence-corrected chi connectivity index (χ1v) is 5.08. The fourth-order valence-corrected chi connectivity index (χ4v) is 1.16. The van der Waals surface area contributed by atoms with E-state index >= 15 is 0 Å². The highest BCUT2D eigenvalue weighted by molar-refractivity contribution is 7.78. The van der Waals surface area contributed by atoms with E-state index in [2.05, 4.69) is 22.4 Å². The van der Waals surface area contributed by atoms with Crippen molar-refractivity contribution in [1.82, 2.24) is 0 Å². The third-order valence-corrected chi connectivity index (χ3v) is 1.92. The largest absolute Gasteiger partial charge is 0.497 e. The van der Waals surface area contributed by atoms with Gasteiger partial charge in [0.05, 0.1) is 25.4 Å². The SMILES string of the molecule is COc1cccc(OCCCN=C=S)c1. The Bertz CT molecular complexity index is 348. The van der Waals surface area contributed by atoms with Crippen LogP contribution in [-0.4, -0.2) is 25.4 Å². The lowest BCUT2D eigenvalue weighted by molar-refractivity contribution is 0.311. The van der Waals surface area contributed by atoms with Crippen LogP contribution in [0.3, 0.4) is 0 Å². The number of hydrogen-bond acceptors (Lipinski definition) is 4. The molecule has 0 aliphatic rings. The van der Waals surface area contributed by atoms with Gasteiger partial charge in [-0.25, -0.2) is 4.99 Å². The van der Waals surface area contributed by atoms with Crippen LogP contribution in [0.4, 0.5) is 0 Å². The van der Waals surface area contributed by atoms with E-state index in [0.29, 0.717) is 13.2 Å². The van der Waals surface area contributed by atoms with E-state index < -0.39 is 0 Å². The highest BCUT2D eigenvalue weighted by Crippen LogP contribution is 2.18. The van der Waals surface area contributed by atoms with Crippen LogP contribution in [0.2, 0.25) is 0 Å². The van der Waals surface area contributed by atoms with Crippen LogP contribution in [-0.2, 0) is 0 Å². The Labute approximate surface area is 94.7 Å². The zero-order chi connectivity index (χ0) is 10.9. The van der Waals surface area contributed by atoms with Crippen LogP contribution in [0.1, 0.15) is 6.42 Å². The van der Waals surface area contributed by atoms with Gasteiger partial charge < -0.3 is 9.47 Å². The summed E-state index contributed by atoms with van der Waals surface area (Å²) in [6.45, 7) is 1.28. The lowest BCUT2D eigenvalue weighted by Gasteiger charge is -2.06. The average molecular weight is 223 g/mol. The first-order chi connectivity index (χ1) is 7.36. The third kappa shape index (κ3) is 4.58. The van der Waals surface area contributed by atoms with Crippen LogP contribution in [0.15, 0.2) is 29.3 Å². The standard InChI is InChI=1S/C11H13NO2S/c1-13-10-4-2-5-11(8-10)14-7-3-6-12-9-15/h2,4-5,8H,3,6-7H2,1H3. The third-order valence-electron chi connectivity index (χ3n) is 1.79. The molecule has 0 spiro atoms. The fourth-order valence-electron chi connectivity index (χ4n) is 1.07. The maximum Gasteiger partial charge on any atom is 0.122 e. The fraction of sp³-hybridized carbons (Fsp3) is 0.364. The summed E-state index contributed by atoms with van der Waals surface area (Å²) in [7, 11) is 1.63. The van der Waals surface area contributed by atoms with Crippen molar-refractivity contribution in [3.63, 3.8) is 0 Å². The molecule has 80 valence electrons. The maximum absolute atomic E-state index is 5.49. The van der Waals surface area contributed by atoms with E-state index in [1.165, 1.54) is 0 Å². The zero-order valence-electron chi connectivity index (χ0n) is 8.60. The molecule has 0 radical (unpaired) electrons. The summed E-state index contributed by atoms with van der Waals surface area (Å²) in [6.07, 6.45) is 0.834. The molecule has 0 saturated carbocycles. The molecule has 0 saturated heterocycles. The molecular formula is C11H13NO2S. The molecule has 0 fully saturated rings. The molecule has 0 bridgehead atoms. The summed E-state index contributed by atoms with van der Waals surface area (Å²) in [5, 5.41) is 2.32. The molecule has 1 aromatic rings. The molecule has 0 heterocycles. The number of thiocarbonyl (C=S) groups is 1. The Kier molecular flexibility index (Phi) is 5.44. The van der Waals surface area contributed by atoms with Gasteiger partial charge in [0.1, 0.15) is 11.5 Å². The van der Waals surface area contributed by atoms with E-state index in [4.69, 9.17) is 9.47 Å². The molecular weight excluding hydrogens is 210 g/mol. The van der Waals surface area contributed by atoms with Crippen molar-refractivity contribution in [3.05, 3.63) is 24.3 Å². The van der Waals surface area contributed by atoms with Crippen molar-refractivity contribution in [2.45, 2.75) is 6.42 Å². The van der Waals surface area contributed by atoms with Gasteiger partial charge in [-0.2, -0.15) is 0 Å². The highest BCUT2D eigenvalue weighted by Gasteiger charge is 1.95. The molecule has 4 heteroatoms. The number of isothiocyanates is 1. The average Bonchev–Trinajstić information content (AvgIpc) is 2.29. The molecule has 1 aromatic carbocycles. The molecule has 0 N–H and O–H groups in total. The maximum atomic E-state index is 5.49. The molecule has 0 aromatic heterocycles. The van der Waals surface area contributed by atoms with Crippen molar-refractivity contribution in [2.75, 3.05) is 20.3 Å². The predicted octanol–water partition coefficient (Wildman–Crippen LogP) is 2.57. The van der Waals surface area contributed by atoms with E-state index in [-0.39, 0.29) is 0 Å². The van der Waals surface area contributed by atoms with E-state index in [0.717, 1.165) is 17.9 Å². The Hall–Kier alpha value is -1.38. The summed E-state index contributed by atoms with van der Waals surface area (Å²) < 4.78 is 10.6. The van der Waals surface area contributed by atoms with Gasteiger partial charge in [0.15, 0.2) is 0 Å². The lowest BCUT2D eigenvalue weighted by atomic mass is 10.3. The molecule has 0 unspecified atom stereocenters. The van der Waals surface area contributed by atoms with Gasteiger partial charge in [-0.15, -0.1) is 0 Å². The van der Waals surface area contributed by atoms with Gasteiger partial charge in [-0.3, -0.25) is 0 Å². The van der Waals surface area contributed by atoms with Gasteiger partial charge in [-0.05, 0) is 24.4 Å². The van der Waals surface area contributed by atoms with Crippen molar-refractivity contribution >= 4 is 17.4 Å². The van der Waals surface area contributed by atoms with Gasteiger partial charge in [0.25, 0.3) is 0 Å². The van der Waals surface area contributed by atoms with E-state index in [1.807, 2.05) is 24.3 Å². The highest BCUT2D eigenvalue weighted by atomic mass is 32.1. The minimum atomic E-state index is 0.619. The van der Waals surface area contributed by atoms with E-state index in [1.54, 1.807) is 7.11 Å². The predicted molar refractivity (Wildman–Crippen MR) is 63.0 cm³/mol. The van der Waals surface area contributed by atoms with Crippen LogP contribution >= 0.6 is 12.2 Å². The van der Waals surface area contributed by atoms with Gasteiger partial charge in [-0.1, -0.05) is 6.07 Å². The van der Waals surface area contributed by atoms with Crippen molar-refractivity contribution in [1.29, 1.82) is 0 Å². The van der Waals surface area contributed by atoms with Crippen LogP contribution in [0.5, 0.6) is 11.5 Å². The quantitative estimate of drug-likeness (QED) is 0.422. The second-order valence-corrected chi connectivity index (χ2v) is 3.04. The second-order valence-electron chi connectivity index (χ2n) is 2.85. The summed E-state index contributed by atoms with van der Waals surface area (Å²) in [4.78, 5) is 3.80. The van der Waals surface area contributed by atoms with Crippen molar-refractivity contribution in [3.8, 4) is 11.5 Å². The summed E-state index contributed by atoms with van der Waals surface area (Å²) in [5.41, 5.74) is 0. The molecule has 0 aliphatic carbocycles. The van der Waals surface area contributed by atoms with Crippen LogP contribution in [0, 0.1) is 0 Å². The molecule has 0 aliphatic heterocycles. The number of aliphatic imine (C=N–C) groups is 1. The minimum absolute atomic E-state index is 0.619.